The lowest BCUT2D eigenvalue weighted by molar-refractivity contribution is -0.136. The molecule has 2 aromatic heterocycles. The van der Waals surface area contributed by atoms with Gasteiger partial charge in [0.25, 0.3) is 0 Å². The van der Waals surface area contributed by atoms with Crippen LogP contribution in [-0.4, -0.2) is 74.3 Å². The molecule has 0 saturated carbocycles. The maximum Gasteiger partial charge on any atom is 0.327 e. The number of benzene rings is 1. The number of anilines is 1. The molecule has 200 valence electrons. The van der Waals surface area contributed by atoms with Crippen molar-refractivity contribution in [1.29, 1.82) is 0 Å². The van der Waals surface area contributed by atoms with Crippen molar-refractivity contribution in [3.8, 4) is 6.01 Å². The molecule has 11 nitrogen and oxygen atoms in total. The van der Waals surface area contributed by atoms with Crippen LogP contribution in [0.3, 0.4) is 0 Å². The predicted molar refractivity (Wildman–Crippen MR) is 142 cm³/mol. The second kappa shape index (κ2) is 12.7. The van der Waals surface area contributed by atoms with E-state index >= 15 is 0 Å². The van der Waals surface area contributed by atoms with Crippen LogP contribution in [0.15, 0.2) is 29.1 Å². The highest BCUT2D eigenvalue weighted by molar-refractivity contribution is 5.81. The van der Waals surface area contributed by atoms with Crippen molar-refractivity contribution in [3.05, 3.63) is 45.9 Å². The van der Waals surface area contributed by atoms with E-state index in [1.54, 1.807) is 4.57 Å². The Morgan fingerprint density at radius 1 is 1.22 bits per heavy atom. The van der Waals surface area contributed by atoms with Gasteiger partial charge in [0.1, 0.15) is 5.52 Å². The van der Waals surface area contributed by atoms with E-state index in [1.165, 1.54) is 0 Å². The summed E-state index contributed by atoms with van der Waals surface area (Å²) < 4.78 is 7.23. The number of fused-ring (bicyclic) bond motifs is 1. The van der Waals surface area contributed by atoms with Gasteiger partial charge in [0, 0.05) is 32.2 Å². The van der Waals surface area contributed by atoms with Crippen molar-refractivity contribution in [2.24, 2.45) is 0 Å². The summed E-state index contributed by atoms with van der Waals surface area (Å²) in [6.07, 6.45) is 4.53. The fraction of sp³-hybridized carbons (Fsp3) is 0.538. The first-order chi connectivity index (χ1) is 17.9. The molecule has 1 aromatic carbocycles. The van der Waals surface area contributed by atoms with Crippen molar-refractivity contribution in [2.75, 3.05) is 38.5 Å². The number of aromatic amines is 1. The lowest BCUT2D eigenvalue weighted by Crippen LogP contribution is -2.52. The normalized spacial score (nSPS) is 16.3. The maximum absolute atomic E-state index is 12.6. The molecular weight excluding hydrogens is 474 g/mol. The van der Waals surface area contributed by atoms with Gasteiger partial charge in [0.05, 0.1) is 13.0 Å². The summed E-state index contributed by atoms with van der Waals surface area (Å²) in [5.41, 5.74) is 8.70. The Balaban J connectivity index is 1.35. The van der Waals surface area contributed by atoms with Gasteiger partial charge in [-0.25, -0.2) is 4.79 Å². The Morgan fingerprint density at radius 3 is 2.84 bits per heavy atom. The zero-order valence-corrected chi connectivity index (χ0v) is 21.4. The third-order valence-electron chi connectivity index (χ3n) is 6.73. The highest BCUT2D eigenvalue weighted by Gasteiger charge is 2.22. The lowest BCUT2D eigenvalue weighted by atomic mass is 9.99. The number of aromatic nitrogens is 4. The van der Waals surface area contributed by atoms with E-state index in [0.717, 1.165) is 69.4 Å². The van der Waals surface area contributed by atoms with E-state index < -0.39 is 5.97 Å². The first kappa shape index (κ1) is 26.6. The van der Waals surface area contributed by atoms with Gasteiger partial charge in [-0.2, -0.15) is 9.97 Å². The summed E-state index contributed by atoms with van der Waals surface area (Å²) >= 11 is 0. The topological polar surface area (TPSA) is 151 Å². The first-order valence-corrected chi connectivity index (χ1v) is 13.1. The number of aliphatic carboxylic acids is 1. The number of carbonyl (C=O) groups is 1. The Labute approximate surface area is 216 Å². The third-order valence-corrected chi connectivity index (χ3v) is 6.73. The molecule has 0 amide bonds. The van der Waals surface area contributed by atoms with Gasteiger partial charge in [-0.1, -0.05) is 37.6 Å². The zero-order chi connectivity index (χ0) is 26.2. The highest BCUT2D eigenvalue weighted by Crippen LogP contribution is 2.19. The van der Waals surface area contributed by atoms with Crippen LogP contribution in [0.25, 0.3) is 11.2 Å². The smallest absolute Gasteiger partial charge is 0.327 e. The highest BCUT2D eigenvalue weighted by atomic mass is 16.5. The molecule has 1 aliphatic heterocycles. The molecule has 0 spiro atoms. The van der Waals surface area contributed by atoms with Crippen LogP contribution in [0.2, 0.25) is 0 Å². The molecule has 0 bridgehead atoms. The molecular formula is C26H37N7O4. The van der Waals surface area contributed by atoms with Gasteiger partial charge in [0.15, 0.2) is 11.5 Å². The van der Waals surface area contributed by atoms with Crippen molar-refractivity contribution in [1.82, 2.24) is 29.7 Å². The number of nitrogen functional groups attached to an aromatic ring is 1. The molecule has 3 aromatic rings. The van der Waals surface area contributed by atoms with Crippen LogP contribution in [-0.2, 0) is 24.2 Å². The molecule has 11 heteroatoms. The number of aryl methyl sites for hydroxylation is 1. The summed E-state index contributed by atoms with van der Waals surface area (Å²) in [6, 6.07) is 8.39. The number of rotatable bonds is 13. The minimum absolute atomic E-state index is 0.0383. The monoisotopic (exact) mass is 511 g/mol. The zero-order valence-electron chi connectivity index (χ0n) is 21.4. The first-order valence-electron chi connectivity index (χ1n) is 13.1. The van der Waals surface area contributed by atoms with Crippen molar-refractivity contribution in [3.63, 3.8) is 0 Å². The van der Waals surface area contributed by atoms with E-state index in [9.17, 15) is 9.59 Å². The Hall–Kier alpha value is -3.44. The van der Waals surface area contributed by atoms with E-state index in [1.807, 2.05) is 18.2 Å². The second-order valence-electron chi connectivity index (χ2n) is 9.57. The van der Waals surface area contributed by atoms with E-state index in [2.05, 4.69) is 38.2 Å². The second-order valence-corrected chi connectivity index (χ2v) is 9.57. The SMILES string of the molecule is CCCCOc1nc(N)c2[nH]c(=O)n(CCCCN3CCNCC3Cc3cccc(CC(=O)O)c3)c2n1. The largest absolute Gasteiger partial charge is 0.481 e. The number of nitrogens with two attached hydrogens (primary N) is 1. The lowest BCUT2D eigenvalue weighted by Gasteiger charge is -2.36. The Kier molecular flexibility index (Phi) is 9.13. The van der Waals surface area contributed by atoms with E-state index in [0.29, 0.717) is 30.4 Å². The summed E-state index contributed by atoms with van der Waals surface area (Å²) in [4.78, 5) is 37.5. The fourth-order valence-corrected chi connectivity index (χ4v) is 4.81. The summed E-state index contributed by atoms with van der Waals surface area (Å²) in [7, 11) is 0. The van der Waals surface area contributed by atoms with Crippen molar-refractivity contribution in [2.45, 2.75) is 58.0 Å². The van der Waals surface area contributed by atoms with E-state index in [-0.39, 0.29) is 23.9 Å². The van der Waals surface area contributed by atoms with Crippen LogP contribution in [0.4, 0.5) is 5.82 Å². The number of hydrogen-bond donors (Lipinski definition) is 4. The Morgan fingerprint density at radius 2 is 2.03 bits per heavy atom. The van der Waals surface area contributed by atoms with Gasteiger partial charge >= 0.3 is 17.7 Å². The number of H-pyrrole nitrogens is 1. The van der Waals surface area contributed by atoms with Gasteiger partial charge in [-0.05, 0) is 43.4 Å². The van der Waals surface area contributed by atoms with Crippen molar-refractivity contribution < 1.29 is 14.6 Å². The Bertz CT molecular complexity index is 1260. The number of nitrogens with one attached hydrogen (secondary N) is 2. The molecule has 4 rings (SSSR count). The third kappa shape index (κ3) is 7.07. The molecule has 5 N–H and O–H groups in total. The molecule has 37 heavy (non-hydrogen) atoms. The van der Waals surface area contributed by atoms with Crippen LogP contribution in [0, 0.1) is 0 Å². The number of carboxylic acid groups (broad SMARTS) is 1. The predicted octanol–water partition coefficient (Wildman–Crippen LogP) is 1.80. The summed E-state index contributed by atoms with van der Waals surface area (Å²) in [5.74, 6) is -0.606. The maximum atomic E-state index is 12.6. The molecule has 1 aliphatic rings. The van der Waals surface area contributed by atoms with Gasteiger partial charge in [-0.3, -0.25) is 14.3 Å². The average molecular weight is 512 g/mol. The quantitative estimate of drug-likeness (QED) is 0.252. The number of unbranched alkanes of at least 4 members (excludes halogenated alkanes) is 2. The molecule has 1 saturated heterocycles. The summed E-state index contributed by atoms with van der Waals surface area (Å²) in [6.45, 7) is 6.81. The van der Waals surface area contributed by atoms with E-state index in [4.69, 9.17) is 15.6 Å². The molecule has 0 radical (unpaired) electrons. The van der Waals surface area contributed by atoms with Gasteiger partial charge in [-0.15, -0.1) is 0 Å². The van der Waals surface area contributed by atoms with Crippen LogP contribution >= 0.6 is 0 Å². The standard InChI is InChI=1S/C26H37N7O4/c1-2-3-13-37-25-30-23(27)22-24(31-25)33(26(36)29-22)11-5-4-10-32-12-9-28-17-20(32)15-18-7-6-8-19(14-18)16-21(34)35/h6-8,14,20,28H,2-5,9-13,15-17H2,1H3,(H,29,36)(H,34,35)(H2,27,30,31). The van der Waals surface area contributed by atoms with Crippen LogP contribution in [0.5, 0.6) is 6.01 Å². The minimum atomic E-state index is -0.818. The van der Waals surface area contributed by atoms with Crippen LogP contribution < -0.4 is 21.5 Å². The molecule has 1 fully saturated rings. The summed E-state index contributed by atoms with van der Waals surface area (Å²) in [5, 5.41) is 12.6. The number of ether oxygens (including phenoxy) is 1. The number of hydrogen-bond acceptors (Lipinski definition) is 8. The average Bonchev–Trinajstić information content (AvgIpc) is 3.18. The number of imidazole rings is 1. The van der Waals surface area contributed by atoms with Crippen LogP contribution in [0.1, 0.15) is 43.7 Å². The fourth-order valence-electron chi connectivity index (χ4n) is 4.81. The van der Waals surface area contributed by atoms with Gasteiger partial charge in [0.2, 0.25) is 0 Å². The number of carboxylic acids is 1. The van der Waals surface area contributed by atoms with Crippen molar-refractivity contribution >= 4 is 23.0 Å². The molecule has 1 unspecified atom stereocenters. The van der Waals surface area contributed by atoms with Gasteiger partial charge < -0.3 is 25.9 Å². The molecule has 3 heterocycles. The molecule has 0 aliphatic carbocycles. The minimum Gasteiger partial charge on any atom is -0.481 e. The number of piperazine rings is 1. The molecule has 1 atom stereocenters. The number of nitrogens with zero attached hydrogens (tertiary/aromatic N) is 4.